The Kier molecular flexibility index (Phi) is 5.03. The number of nitrogens with zero attached hydrogens (tertiary/aromatic N) is 3. The summed E-state index contributed by atoms with van der Waals surface area (Å²) in [5.74, 6) is 0.324. The van der Waals surface area contributed by atoms with Crippen LogP contribution in [-0.2, 0) is 11.3 Å². The third-order valence-electron chi connectivity index (χ3n) is 3.45. The number of rotatable bonds is 4. The van der Waals surface area contributed by atoms with E-state index >= 15 is 0 Å². The maximum absolute atomic E-state index is 11.7. The smallest absolute Gasteiger partial charge is 0.341 e. The van der Waals surface area contributed by atoms with Gasteiger partial charge in [-0.05, 0) is 26.7 Å². The average Bonchev–Trinajstić information content (AvgIpc) is 2.42. The summed E-state index contributed by atoms with van der Waals surface area (Å²) in [4.78, 5) is 22.5. The van der Waals surface area contributed by atoms with Crippen molar-refractivity contribution >= 4 is 5.97 Å². The molecule has 6 heteroatoms. The molecule has 0 bridgehead atoms. The van der Waals surface area contributed by atoms with Crippen molar-refractivity contribution in [2.75, 3.05) is 19.7 Å². The van der Waals surface area contributed by atoms with Crippen LogP contribution in [0.25, 0.3) is 0 Å². The number of piperidine rings is 1. The molecule has 0 aromatic carbocycles. The molecule has 1 N–H and O–H groups in total. The lowest BCUT2D eigenvalue weighted by atomic mass is 10.1. The number of esters is 1. The molecule has 20 heavy (non-hydrogen) atoms. The molecule has 1 aliphatic heterocycles. The summed E-state index contributed by atoms with van der Waals surface area (Å²) >= 11 is 0. The highest BCUT2D eigenvalue weighted by molar-refractivity contribution is 5.90. The third-order valence-corrected chi connectivity index (χ3v) is 3.45. The second kappa shape index (κ2) is 6.76. The van der Waals surface area contributed by atoms with Gasteiger partial charge in [-0.1, -0.05) is 0 Å². The number of aliphatic hydroxyl groups excluding tert-OH is 1. The molecule has 0 saturated carbocycles. The van der Waals surface area contributed by atoms with E-state index in [9.17, 15) is 9.90 Å². The van der Waals surface area contributed by atoms with Crippen LogP contribution in [0.2, 0.25) is 0 Å². The summed E-state index contributed by atoms with van der Waals surface area (Å²) in [5, 5.41) is 9.48. The van der Waals surface area contributed by atoms with E-state index in [0.717, 1.165) is 25.9 Å². The highest BCUT2D eigenvalue weighted by Gasteiger charge is 2.19. The van der Waals surface area contributed by atoms with Crippen LogP contribution in [0.4, 0.5) is 0 Å². The zero-order chi connectivity index (χ0) is 14.5. The van der Waals surface area contributed by atoms with Gasteiger partial charge in [0.15, 0.2) is 0 Å². The van der Waals surface area contributed by atoms with Crippen LogP contribution in [0.15, 0.2) is 6.20 Å². The van der Waals surface area contributed by atoms with Gasteiger partial charge in [-0.25, -0.2) is 14.8 Å². The maximum atomic E-state index is 11.7. The molecule has 0 unspecified atom stereocenters. The van der Waals surface area contributed by atoms with E-state index in [4.69, 9.17) is 4.74 Å². The Morgan fingerprint density at radius 2 is 2.20 bits per heavy atom. The Labute approximate surface area is 118 Å². The van der Waals surface area contributed by atoms with Crippen molar-refractivity contribution in [1.82, 2.24) is 14.9 Å². The molecule has 0 amide bonds. The second-order valence-electron chi connectivity index (χ2n) is 5.01. The predicted octanol–water partition coefficient (Wildman–Crippen LogP) is 0.918. The monoisotopic (exact) mass is 279 g/mol. The molecule has 1 saturated heterocycles. The molecule has 1 aromatic rings. The number of aromatic nitrogens is 2. The summed E-state index contributed by atoms with van der Waals surface area (Å²) in [6.45, 7) is 6.25. The van der Waals surface area contributed by atoms with E-state index in [1.165, 1.54) is 6.20 Å². The largest absolute Gasteiger partial charge is 0.462 e. The second-order valence-corrected chi connectivity index (χ2v) is 5.01. The van der Waals surface area contributed by atoms with Gasteiger partial charge in [-0.15, -0.1) is 0 Å². The van der Waals surface area contributed by atoms with Crippen LogP contribution < -0.4 is 0 Å². The minimum absolute atomic E-state index is 0.180. The first-order valence-corrected chi connectivity index (χ1v) is 7.00. The highest BCUT2D eigenvalue weighted by Crippen LogP contribution is 2.13. The standard InChI is InChI=1S/C14H21N3O3/c1-3-20-14(19)12-8-15-13(16-10(12)2)9-17-6-4-11(18)5-7-17/h8,11,18H,3-7,9H2,1-2H3. The highest BCUT2D eigenvalue weighted by atomic mass is 16.5. The van der Waals surface area contributed by atoms with Gasteiger partial charge >= 0.3 is 5.97 Å². The van der Waals surface area contributed by atoms with Crippen molar-refractivity contribution in [3.63, 3.8) is 0 Å². The van der Waals surface area contributed by atoms with Gasteiger partial charge in [-0.3, -0.25) is 4.90 Å². The molecule has 6 nitrogen and oxygen atoms in total. The minimum Gasteiger partial charge on any atom is -0.462 e. The van der Waals surface area contributed by atoms with Gasteiger partial charge in [0.05, 0.1) is 30.5 Å². The van der Waals surface area contributed by atoms with Gasteiger partial charge in [0.1, 0.15) is 5.82 Å². The third kappa shape index (κ3) is 3.74. The summed E-state index contributed by atoms with van der Waals surface area (Å²) in [6, 6.07) is 0. The molecule has 2 heterocycles. The number of ether oxygens (including phenoxy) is 1. The van der Waals surface area contributed by atoms with E-state index < -0.39 is 0 Å². The number of hydrogen-bond donors (Lipinski definition) is 1. The normalized spacial score (nSPS) is 17.1. The first-order chi connectivity index (χ1) is 9.60. The summed E-state index contributed by atoms with van der Waals surface area (Å²) in [5.41, 5.74) is 1.06. The Morgan fingerprint density at radius 1 is 1.50 bits per heavy atom. The number of hydrogen-bond acceptors (Lipinski definition) is 6. The Bertz CT molecular complexity index is 471. The molecule has 1 aliphatic rings. The summed E-state index contributed by atoms with van der Waals surface area (Å²) < 4.78 is 4.95. The molecule has 0 aliphatic carbocycles. The summed E-state index contributed by atoms with van der Waals surface area (Å²) in [6.07, 6.45) is 2.94. The average molecular weight is 279 g/mol. The lowest BCUT2D eigenvalue weighted by Crippen LogP contribution is -2.35. The quantitative estimate of drug-likeness (QED) is 0.826. The Hall–Kier alpha value is -1.53. The van der Waals surface area contributed by atoms with Crippen molar-refractivity contribution in [2.24, 2.45) is 0 Å². The molecule has 0 atom stereocenters. The lowest BCUT2D eigenvalue weighted by molar-refractivity contribution is 0.0523. The van der Waals surface area contributed by atoms with Gasteiger partial charge in [0.25, 0.3) is 0 Å². The SMILES string of the molecule is CCOC(=O)c1cnc(CN2CCC(O)CC2)nc1C. The van der Waals surface area contributed by atoms with Crippen molar-refractivity contribution < 1.29 is 14.6 Å². The van der Waals surface area contributed by atoms with Gasteiger partial charge in [0.2, 0.25) is 0 Å². The fraction of sp³-hybridized carbons (Fsp3) is 0.643. The van der Waals surface area contributed by atoms with Gasteiger partial charge in [-0.2, -0.15) is 0 Å². The number of aliphatic hydroxyl groups is 1. The van der Waals surface area contributed by atoms with Crippen molar-refractivity contribution in [3.8, 4) is 0 Å². The molecule has 110 valence electrons. The summed E-state index contributed by atoms with van der Waals surface area (Å²) in [7, 11) is 0. The molecule has 0 spiro atoms. The van der Waals surface area contributed by atoms with Crippen LogP contribution in [0.1, 0.15) is 41.6 Å². The maximum Gasteiger partial charge on any atom is 0.341 e. The molecular weight excluding hydrogens is 258 g/mol. The number of aryl methyl sites for hydroxylation is 1. The number of likely N-dealkylation sites (tertiary alicyclic amines) is 1. The van der Waals surface area contributed by atoms with Crippen LogP contribution in [0.3, 0.4) is 0 Å². The van der Waals surface area contributed by atoms with Crippen LogP contribution in [0.5, 0.6) is 0 Å². The van der Waals surface area contributed by atoms with E-state index in [0.29, 0.717) is 30.2 Å². The zero-order valence-electron chi connectivity index (χ0n) is 12.0. The number of carbonyl (C=O) groups is 1. The Morgan fingerprint density at radius 3 is 2.80 bits per heavy atom. The number of carbonyl (C=O) groups excluding carboxylic acids is 1. The van der Waals surface area contributed by atoms with Crippen LogP contribution >= 0.6 is 0 Å². The zero-order valence-corrected chi connectivity index (χ0v) is 12.0. The van der Waals surface area contributed by atoms with E-state index in [1.807, 2.05) is 0 Å². The van der Waals surface area contributed by atoms with E-state index in [1.54, 1.807) is 13.8 Å². The van der Waals surface area contributed by atoms with Crippen LogP contribution in [0, 0.1) is 6.92 Å². The van der Waals surface area contributed by atoms with Gasteiger partial charge < -0.3 is 9.84 Å². The molecule has 1 fully saturated rings. The first-order valence-electron chi connectivity index (χ1n) is 7.00. The molecule has 2 rings (SSSR count). The first kappa shape index (κ1) is 14.9. The molecule has 1 aromatic heterocycles. The van der Waals surface area contributed by atoms with E-state index in [2.05, 4.69) is 14.9 Å². The lowest BCUT2D eigenvalue weighted by Gasteiger charge is -2.28. The minimum atomic E-state index is -0.377. The predicted molar refractivity (Wildman–Crippen MR) is 73.2 cm³/mol. The van der Waals surface area contributed by atoms with E-state index in [-0.39, 0.29) is 12.1 Å². The molecule has 0 radical (unpaired) electrons. The topological polar surface area (TPSA) is 75.5 Å². The van der Waals surface area contributed by atoms with Crippen molar-refractivity contribution in [2.45, 2.75) is 39.3 Å². The van der Waals surface area contributed by atoms with Crippen LogP contribution in [-0.4, -0.2) is 51.7 Å². The van der Waals surface area contributed by atoms with Crippen molar-refractivity contribution in [1.29, 1.82) is 0 Å². The fourth-order valence-corrected chi connectivity index (χ4v) is 2.28. The van der Waals surface area contributed by atoms with Crippen molar-refractivity contribution in [3.05, 3.63) is 23.3 Å². The Balaban J connectivity index is 2.00. The fourth-order valence-electron chi connectivity index (χ4n) is 2.28. The van der Waals surface area contributed by atoms with Gasteiger partial charge in [0, 0.05) is 19.3 Å². The molecular formula is C14H21N3O3.